The second-order valence-corrected chi connectivity index (χ2v) is 8.52. The van der Waals surface area contributed by atoms with Crippen molar-refractivity contribution in [1.29, 1.82) is 0 Å². The van der Waals surface area contributed by atoms with E-state index >= 15 is 0 Å². The first kappa shape index (κ1) is 18.3. The predicted octanol–water partition coefficient (Wildman–Crippen LogP) is 4.54. The molecular weight excluding hydrogens is 408 g/mol. The summed E-state index contributed by atoms with van der Waals surface area (Å²) in [5, 5.41) is 5.36. The molecule has 0 fully saturated rings. The van der Waals surface area contributed by atoms with Gasteiger partial charge < -0.3 is 4.52 Å². The Bertz CT molecular complexity index is 1230. The zero-order valence-electron chi connectivity index (χ0n) is 14.0. The van der Waals surface area contributed by atoms with E-state index in [9.17, 15) is 17.2 Å². The molecule has 0 spiro atoms. The van der Waals surface area contributed by atoms with Crippen molar-refractivity contribution < 1.29 is 21.7 Å². The molecule has 0 saturated carbocycles. The van der Waals surface area contributed by atoms with Gasteiger partial charge in [0.15, 0.2) is 0 Å². The molecule has 2 aromatic heterocycles. The van der Waals surface area contributed by atoms with Crippen molar-refractivity contribution in [2.45, 2.75) is 4.21 Å². The van der Waals surface area contributed by atoms with Gasteiger partial charge in [-0.15, -0.1) is 11.3 Å². The largest absolute Gasteiger partial charge is 0.334 e. The highest BCUT2D eigenvalue weighted by atomic mass is 32.2. The Morgan fingerprint density at radius 1 is 0.964 bits per heavy atom. The van der Waals surface area contributed by atoms with Crippen LogP contribution in [0.15, 0.2) is 68.7 Å². The molecule has 4 rings (SSSR count). The highest BCUT2D eigenvalue weighted by molar-refractivity contribution is 7.94. The fourth-order valence-electron chi connectivity index (χ4n) is 2.38. The van der Waals surface area contributed by atoms with Crippen LogP contribution < -0.4 is 4.72 Å². The zero-order valence-corrected chi connectivity index (χ0v) is 15.6. The second-order valence-electron chi connectivity index (χ2n) is 5.70. The molecule has 0 radical (unpaired) electrons. The summed E-state index contributed by atoms with van der Waals surface area (Å²) in [6, 6.07) is 12.1. The van der Waals surface area contributed by atoms with E-state index < -0.39 is 21.7 Å². The Kier molecular flexibility index (Phi) is 4.65. The van der Waals surface area contributed by atoms with Gasteiger partial charge in [-0.3, -0.25) is 4.72 Å². The normalized spacial score (nSPS) is 11.5. The first-order chi connectivity index (χ1) is 13.4. The van der Waals surface area contributed by atoms with Crippen molar-refractivity contribution in [3.63, 3.8) is 0 Å². The van der Waals surface area contributed by atoms with Gasteiger partial charge in [-0.25, -0.2) is 17.2 Å². The minimum Gasteiger partial charge on any atom is -0.334 e. The van der Waals surface area contributed by atoms with Crippen LogP contribution in [-0.2, 0) is 10.0 Å². The number of rotatable bonds is 5. The van der Waals surface area contributed by atoms with Crippen molar-refractivity contribution in [3.05, 3.63) is 71.6 Å². The molecule has 0 amide bonds. The summed E-state index contributed by atoms with van der Waals surface area (Å²) in [5.41, 5.74) is 1.10. The number of halogens is 2. The molecule has 2 heterocycles. The van der Waals surface area contributed by atoms with Crippen molar-refractivity contribution in [2.75, 3.05) is 4.72 Å². The maximum Gasteiger partial charge on any atom is 0.271 e. The summed E-state index contributed by atoms with van der Waals surface area (Å²) in [7, 11) is -3.86. The molecule has 0 aliphatic heterocycles. The molecule has 4 aromatic rings. The molecule has 0 aliphatic carbocycles. The van der Waals surface area contributed by atoms with E-state index in [0.29, 0.717) is 11.1 Å². The Labute approximate surface area is 162 Å². The van der Waals surface area contributed by atoms with Gasteiger partial charge in [0.05, 0.1) is 5.56 Å². The van der Waals surface area contributed by atoms with Gasteiger partial charge in [0.1, 0.15) is 15.8 Å². The maximum atomic E-state index is 13.3. The minimum atomic E-state index is -3.86. The number of sulfonamides is 1. The Hall–Kier alpha value is -3.11. The molecule has 10 heteroatoms. The van der Waals surface area contributed by atoms with Gasteiger partial charge in [0, 0.05) is 16.6 Å². The van der Waals surface area contributed by atoms with Crippen LogP contribution in [0.25, 0.3) is 22.8 Å². The van der Waals surface area contributed by atoms with Crippen LogP contribution >= 0.6 is 11.3 Å². The zero-order chi connectivity index (χ0) is 19.7. The Morgan fingerprint density at radius 3 is 2.50 bits per heavy atom. The second kappa shape index (κ2) is 7.13. The number of hydrogen-bond donors (Lipinski definition) is 1. The summed E-state index contributed by atoms with van der Waals surface area (Å²) >= 11 is 0.969. The van der Waals surface area contributed by atoms with E-state index in [-0.39, 0.29) is 21.6 Å². The first-order valence-corrected chi connectivity index (χ1v) is 10.2. The monoisotopic (exact) mass is 419 g/mol. The van der Waals surface area contributed by atoms with E-state index in [1.807, 2.05) is 0 Å². The molecule has 0 aliphatic rings. The molecule has 0 unspecified atom stereocenters. The van der Waals surface area contributed by atoms with Gasteiger partial charge in [0.2, 0.25) is 5.82 Å². The number of aromatic nitrogens is 2. The molecule has 0 bridgehead atoms. The summed E-state index contributed by atoms with van der Waals surface area (Å²) in [6.07, 6.45) is 0. The molecular formula is C18H11F2N3O3S2. The Morgan fingerprint density at radius 2 is 1.75 bits per heavy atom. The lowest BCUT2D eigenvalue weighted by molar-refractivity contribution is 0.432. The average molecular weight is 419 g/mol. The van der Waals surface area contributed by atoms with Crippen LogP contribution in [0.3, 0.4) is 0 Å². The van der Waals surface area contributed by atoms with Crippen molar-refractivity contribution in [1.82, 2.24) is 10.1 Å². The topological polar surface area (TPSA) is 85.1 Å². The van der Waals surface area contributed by atoms with E-state index in [4.69, 9.17) is 4.52 Å². The molecule has 0 atom stereocenters. The molecule has 2 aromatic carbocycles. The lowest BCUT2D eigenvalue weighted by Crippen LogP contribution is -2.11. The van der Waals surface area contributed by atoms with Gasteiger partial charge >= 0.3 is 0 Å². The maximum absolute atomic E-state index is 13.3. The van der Waals surface area contributed by atoms with Crippen LogP contribution in [0.2, 0.25) is 0 Å². The number of thiophene rings is 1. The molecule has 6 nitrogen and oxygen atoms in total. The summed E-state index contributed by atoms with van der Waals surface area (Å²) in [4.78, 5) is 4.19. The molecule has 142 valence electrons. The van der Waals surface area contributed by atoms with Crippen LogP contribution in [0.5, 0.6) is 0 Å². The quantitative estimate of drug-likeness (QED) is 0.513. The number of nitrogens with zero attached hydrogens (tertiary/aromatic N) is 2. The average Bonchev–Trinajstić information content (AvgIpc) is 3.33. The first-order valence-electron chi connectivity index (χ1n) is 7.88. The molecule has 0 saturated heterocycles. The van der Waals surface area contributed by atoms with Crippen molar-refractivity contribution in [3.8, 4) is 22.8 Å². The van der Waals surface area contributed by atoms with Crippen LogP contribution in [0, 0.1) is 11.6 Å². The third-order valence-corrected chi connectivity index (χ3v) is 6.51. The van der Waals surface area contributed by atoms with E-state index in [1.54, 1.807) is 11.4 Å². The third kappa shape index (κ3) is 3.78. The lowest BCUT2D eigenvalue weighted by atomic mass is 10.2. The van der Waals surface area contributed by atoms with Crippen LogP contribution in [0.4, 0.5) is 14.5 Å². The van der Waals surface area contributed by atoms with Crippen LogP contribution in [-0.4, -0.2) is 18.6 Å². The lowest BCUT2D eigenvalue weighted by Gasteiger charge is -2.05. The molecule has 28 heavy (non-hydrogen) atoms. The number of anilines is 1. The molecule has 1 N–H and O–H groups in total. The van der Waals surface area contributed by atoms with Gasteiger partial charge in [-0.05, 0) is 42.5 Å². The highest BCUT2D eigenvalue weighted by Gasteiger charge is 2.20. The SMILES string of the molecule is O=S(=O)(Nc1ccc(F)cc1)c1cc(-c2nc(-c3cccc(F)c3)no2)cs1. The van der Waals surface area contributed by atoms with Gasteiger partial charge in [-0.1, -0.05) is 17.3 Å². The smallest absolute Gasteiger partial charge is 0.271 e. The summed E-state index contributed by atoms with van der Waals surface area (Å²) in [5.74, 6) is -0.597. The standard InChI is InChI=1S/C18H11F2N3O3S2/c19-13-4-6-15(7-5-13)23-28(24,25)16-9-12(10-27-16)18-21-17(22-26-18)11-2-1-3-14(20)8-11/h1-10,23H. The summed E-state index contributed by atoms with van der Waals surface area (Å²) < 4.78 is 58.9. The van der Waals surface area contributed by atoms with Gasteiger partial charge in [0.25, 0.3) is 15.9 Å². The van der Waals surface area contributed by atoms with Crippen molar-refractivity contribution >= 4 is 27.0 Å². The van der Waals surface area contributed by atoms with E-state index in [0.717, 1.165) is 23.5 Å². The van der Waals surface area contributed by atoms with E-state index in [2.05, 4.69) is 14.9 Å². The number of hydrogen-bond acceptors (Lipinski definition) is 6. The highest BCUT2D eigenvalue weighted by Crippen LogP contribution is 2.30. The number of benzene rings is 2. The predicted molar refractivity (Wildman–Crippen MR) is 100 cm³/mol. The van der Waals surface area contributed by atoms with Gasteiger partial charge in [-0.2, -0.15) is 4.98 Å². The van der Waals surface area contributed by atoms with Crippen molar-refractivity contribution in [2.24, 2.45) is 0 Å². The third-order valence-electron chi connectivity index (χ3n) is 3.69. The fraction of sp³-hybridized carbons (Fsp3) is 0. The fourth-order valence-corrected chi connectivity index (χ4v) is 4.59. The van der Waals surface area contributed by atoms with E-state index in [1.165, 1.54) is 36.4 Å². The summed E-state index contributed by atoms with van der Waals surface area (Å²) in [6.45, 7) is 0. The number of nitrogens with one attached hydrogen (secondary N) is 1. The van der Waals surface area contributed by atoms with Crippen LogP contribution in [0.1, 0.15) is 0 Å². The minimum absolute atomic E-state index is 0.0253. The Balaban J connectivity index is 1.58.